The summed E-state index contributed by atoms with van der Waals surface area (Å²) in [6.07, 6.45) is 2.24. The lowest BCUT2D eigenvalue weighted by atomic mass is 9.86. The van der Waals surface area contributed by atoms with Crippen molar-refractivity contribution >= 4 is 17.5 Å². The predicted octanol–water partition coefficient (Wildman–Crippen LogP) is 2.88. The average molecular weight is 394 g/mol. The van der Waals surface area contributed by atoms with Crippen LogP contribution in [0.4, 0.5) is 10.1 Å². The summed E-state index contributed by atoms with van der Waals surface area (Å²) in [4.78, 5) is 25.2. The summed E-state index contributed by atoms with van der Waals surface area (Å²) in [5.74, 6) is -0.942. The topological polar surface area (TPSA) is 96.1 Å². The van der Waals surface area contributed by atoms with Crippen molar-refractivity contribution in [1.82, 2.24) is 15.5 Å². The number of hydrogen-bond donors (Lipinski definition) is 3. The van der Waals surface area contributed by atoms with Crippen molar-refractivity contribution in [2.45, 2.75) is 12.0 Å². The minimum Gasteiger partial charge on any atom is -0.486 e. The largest absolute Gasteiger partial charge is 0.486 e. The van der Waals surface area contributed by atoms with E-state index in [4.69, 9.17) is 4.74 Å². The molecule has 8 heteroatoms. The zero-order valence-corrected chi connectivity index (χ0v) is 15.6. The van der Waals surface area contributed by atoms with Crippen LogP contribution in [-0.4, -0.2) is 41.8 Å². The normalized spacial score (nSPS) is 17.3. The van der Waals surface area contributed by atoms with Crippen molar-refractivity contribution in [1.29, 1.82) is 0 Å². The Bertz CT molecular complexity index is 1040. The third-order valence-electron chi connectivity index (χ3n) is 4.89. The number of rotatable bonds is 5. The highest BCUT2D eigenvalue weighted by atomic mass is 19.1. The van der Waals surface area contributed by atoms with E-state index in [1.165, 1.54) is 19.3 Å². The van der Waals surface area contributed by atoms with Gasteiger partial charge in [-0.2, -0.15) is 5.10 Å². The molecule has 0 aliphatic carbocycles. The lowest BCUT2D eigenvalue weighted by Crippen LogP contribution is -2.22. The highest BCUT2D eigenvalue weighted by Gasteiger charge is 2.39. The van der Waals surface area contributed by atoms with E-state index in [2.05, 4.69) is 20.8 Å². The molecule has 4 rings (SSSR count). The van der Waals surface area contributed by atoms with Crippen LogP contribution in [0.2, 0.25) is 0 Å². The summed E-state index contributed by atoms with van der Waals surface area (Å²) in [5.41, 5.74) is 2.42. The van der Waals surface area contributed by atoms with Crippen LogP contribution in [-0.2, 0) is 0 Å². The van der Waals surface area contributed by atoms with Gasteiger partial charge in [0, 0.05) is 24.4 Å². The van der Waals surface area contributed by atoms with Crippen LogP contribution >= 0.6 is 0 Å². The van der Waals surface area contributed by atoms with E-state index in [1.54, 1.807) is 12.3 Å². The number of fused-ring (bicyclic) bond motifs is 1. The number of aromatic nitrogens is 2. The number of halogens is 1. The second-order valence-corrected chi connectivity index (χ2v) is 6.66. The van der Waals surface area contributed by atoms with Crippen molar-refractivity contribution in [3.63, 3.8) is 0 Å². The number of ether oxygens (including phenoxy) is 1. The summed E-state index contributed by atoms with van der Waals surface area (Å²) in [7, 11) is 1.49. The van der Waals surface area contributed by atoms with E-state index in [9.17, 15) is 14.0 Å². The molecule has 0 spiro atoms. The van der Waals surface area contributed by atoms with Crippen LogP contribution in [0.25, 0.3) is 0 Å². The van der Waals surface area contributed by atoms with Gasteiger partial charge in [0.1, 0.15) is 18.5 Å². The number of hydrogen-bond acceptors (Lipinski definition) is 4. The Balaban J connectivity index is 1.82. The minimum absolute atomic E-state index is 0.194. The van der Waals surface area contributed by atoms with Gasteiger partial charge in [0.15, 0.2) is 0 Å². The molecule has 0 unspecified atom stereocenters. The molecule has 29 heavy (non-hydrogen) atoms. The van der Waals surface area contributed by atoms with Gasteiger partial charge < -0.3 is 15.4 Å². The third kappa shape index (κ3) is 3.44. The number of benzene rings is 2. The Morgan fingerprint density at radius 1 is 1.21 bits per heavy atom. The Kier molecular flexibility index (Phi) is 4.99. The van der Waals surface area contributed by atoms with Gasteiger partial charge in [-0.15, -0.1) is 0 Å². The molecule has 0 radical (unpaired) electrons. The summed E-state index contributed by atoms with van der Waals surface area (Å²) < 4.78 is 19.6. The van der Waals surface area contributed by atoms with E-state index >= 15 is 0 Å². The second kappa shape index (κ2) is 7.75. The molecule has 0 bridgehead atoms. The van der Waals surface area contributed by atoms with Crippen molar-refractivity contribution in [3.05, 3.63) is 77.1 Å². The molecule has 2 amide bonds. The van der Waals surface area contributed by atoms with Gasteiger partial charge in [-0.05, 0) is 17.7 Å². The maximum absolute atomic E-state index is 13.8. The number of anilines is 1. The van der Waals surface area contributed by atoms with Gasteiger partial charge in [-0.1, -0.05) is 30.3 Å². The molecular formula is C21H19FN4O3. The van der Waals surface area contributed by atoms with Gasteiger partial charge in [-0.25, -0.2) is 4.39 Å². The van der Waals surface area contributed by atoms with Crippen LogP contribution < -0.4 is 15.4 Å². The number of nitrogens with zero attached hydrogens (tertiary/aromatic N) is 1. The van der Waals surface area contributed by atoms with Crippen molar-refractivity contribution < 1.29 is 18.7 Å². The highest BCUT2D eigenvalue weighted by Crippen LogP contribution is 2.45. The Labute approximate surface area is 166 Å². The minimum atomic E-state index is -0.775. The molecule has 1 aliphatic rings. The lowest BCUT2D eigenvalue weighted by molar-refractivity contribution is 0.0955. The number of carbonyl (C=O) groups is 2. The fourth-order valence-corrected chi connectivity index (χ4v) is 3.57. The smallest absolute Gasteiger partial charge is 0.255 e. The number of alkyl halides is 1. The zero-order chi connectivity index (χ0) is 20.4. The molecule has 3 aromatic rings. The number of H-pyrrole nitrogens is 1. The number of amides is 2. The first-order chi connectivity index (χ1) is 14.1. The quantitative estimate of drug-likeness (QED) is 0.620. The Morgan fingerprint density at radius 3 is 2.66 bits per heavy atom. The van der Waals surface area contributed by atoms with Gasteiger partial charge in [0.25, 0.3) is 11.8 Å². The first-order valence-electron chi connectivity index (χ1n) is 9.10. The first-order valence-corrected chi connectivity index (χ1v) is 9.10. The van der Waals surface area contributed by atoms with E-state index < -0.39 is 30.5 Å². The molecule has 2 heterocycles. The summed E-state index contributed by atoms with van der Waals surface area (Å²) >= 11 is 0. The van der Waals surface area contributed by atoms with Crippen molar-refractivity contribution in [2.75, 3.05) is 19.0 Å². The van der Waals surface area contributed by atoms with Gasteiger partial charge in [0.05, 0.1) is 23.4 Å². The first kappa shape index (κ1) is 18.7. The highest BCUT2D eigenvalue weighted by molar-refractivity contribution is 6.07. The standard InChI is InChI=1S/C21H19FN4O3/c1-23-21(28)16-8-13(20(27)26-14-10-24-25-11-14)7-15-18(12-5-3-2-4-6-12)17(9-22)29-19(15)16/h2-8,10-11,17-18H,9H2,1H3,(H,23,28)(H,24,25)(H,26,27)/t17-,18+/m1/s1. The molecule has 7 nitrogen and oxygen atoms in total. The monoisotopic (exact) mass is 394 g/mol. The van der Waals surface area contributed by atoms with E-state index in [1.807, 2.05) is 30.3 Å². The Morgan fingerprint density at radius 2 is 2.00 bits per heavy atom. The van der Waals surface area contributed by atoms with E-state index in [0.29, 0.717) is 17.0 Å². The van der Waals surface area contributed by atoms with Crippen LogP contribution in [0.3, 0.4) is 0 Å². The van der Waals surface area contributed by atoms with Crippen molar-refractivity contribution in [3.8, 4) is 5.75 Å². The van der Waals surface area contributed by atoms with Gasteiger partial charge in [-0.3, -0.25) is 14.7 Å². The summed E-state index contributed by atoms with van der Waals surface area (Å²) in [6.45, 7) is -0.724. The van der Waals surface area contributed by atoms with E-state index in [-0.39, 0.29) is 11.1 Å². The summed E-state index contributed by atoms with van der Waals surface area (Å²) in [5, 5.41) is 11.7. The Hall–Kier alpha value is -3.68. The second-order valence-electron chi connectivity index (χ2n) is 6.66. The SMILES string of the molecule is CNC(=O)c1cc(C(=O)Nc2cn[nH]c2)cc2c1O[C@H](CF)[C@H]2c1ccccc1. The van der Waals surface area contributed by atoms with Crippen LogP contribution in [0, 0.1) is 0 Å². The molecular weight excluding hydrogens is 375 g/mol. The molecule has 3 N–H and O–H groups in total. The van der Waals surface area contributed by atoms with Crippen molar-refractivity contribution in [2.24, 2.45) is 0 Å². The van der Waals surface area contributed by atoms with Gasteiger partial charge in [0.2, 0.25) is 0 Å². The molecule has 1 aliphatic heterocycles. The van der Waals surface area contributed by atoms with E-state index in [0.717, 1.165) is 5.56 Å². The molecule has 0 saturated heterocycles. The molecule has 0 fully saturated rings. The predicted molar refractivity (Wildman–Crippen MR) is 105 cm³/mol. The third-order valence-corrected chi connectivity index (χ3v) is 4.89. The lowest BCUT2D eigenvalue weighted by Gasteiger charge is -2.16. The maximum Gasteiger partial charge on any atom is 0.255 e. The molecule has 2 aromatic carbocycles. The maximum atomic E-state index is 13.8. The molecule has 2 atom stereocenters. The fraction of sp³-hybridized carbons (Fsp3) is 0.190. The van der Waals surface area contributed by atoms with Gasteiger partial charge >= 0.3 is 0 Å². The molecule has 148 valence electrons. The number of aromatic amines is 1. The number of nitrogens with one attached hydrogen (secondary N) is 3. The number of carbonyl (C=O) groups excluding carboxylic acids is 2. The molecule has 1 aromatic heterocycles. The van der Waals surface area contributed by atoms with Crippen LogP contribution in [0.15, 0.2) is 54.9 Å². The molecule has 0 saturated carbocycles. The van der Waals surface area contributed by atoms with Crippen LogP contribution in [0.5, 0.6) is 5.75 Å². The zero-order valence-electron chi connectivity index (χ0n) is 15.6. The fourth-order valence-electron chi connectivity index (χ4n) is 3.57. The average Bonchev–Trinajstić information content (AvgIpc) is 3.40. The van der Waals surface area contributed by atoms with Crippen LogP contribution in [0.1, 0.15) is 37.8 Å². The summed E-state index contributed by atoms with van der Waals surface area (Å²) in [6, 6.07) is 12.5.